The normalized spacial score (nSPS) is 29.0. The Hall–Kier alpha value is -0.130. The summed E-state index contributed by atoms with van der Waals surface area (Å²) in [6.45, 7) is 1.70. The van der Waals surface area contributed by atoms with Crippen molar-refractivity contribution in [2.24, 2.45) is 5.92 Å². The Morgan fingerprint density at radius 1 is 1.36 bits per heavy atom. The molecule has 0 bridgehead atoms. The van der Waals surface area contributed by atoms with Crippen molar-refractivity contribution in [3.8, 4) is 0 Å². The van der Waals surface area contributed by atoms with E-state index in [2.05, 4.69) is 4.72 Å². The van der Waals surface area contributed by atoms with Crippen LogP contribution in [0.25, 0.3) is 0 Å². The highest BCUT2D eigenvalue weighted by Gasteiger charge is 2.27. The number of hydrogen-bond acceptors (Lipinski definition) is 3. The van der Waals surface area contributed by atoms with Gasteiger partial charge in [-0.15, -0.1) is 0 Å². The topological polar surface area (TPSA) is 66.4 Å². The summed E-state index contributed by atoms with van der Waals surface area (Å²) in [7, 11) is -3.12. The van der Waals surface area contributed by atoms with Gasteiger partial charge in [-0.2, -0.15) is 0 Å². The minimum Gasteiger partial charge on any atom is -0.396 e. The molecule has 1 aliphatic carbocycles. The van der Waals surface area contributed by atoms with Crippen molar-refractivity contribution in [3.63, 3.8) is 0 Å². The van der Waals surface area contributed by atoms with Crippen molar-refractivity contribution in [3.05, 3.63) is 0 Å². The maximum atomic E-state index is 11.3. The number of aliphatic hydroxyl groups excluding tert-OH is 1. The Balaban J connectivity index is 2.57. The predicted octanol–water partition coefficient (Wildman–Crippen LogP) is 0.477. The molecular weight excluding hydrogens is 202 g/mol. The molecule has 1 fully saturated rings. The minimum absolute atomic E-state index is 0.0568. The van der Waals surface area contributed by atoms with Crippen LogP contribution in [0, 0.1) is 5.92 Å². The molecule has 0 amide bonds. The second-order valence-corrected chi connectivity index (χ2v) is 5.90. The van der Waals surface area contributed by atoms with Gasteiger partial charge in [0.15, 0.2) is 0 Å². The second kappa shape index (κ2) is 5.09. The van der Waals surface area contributed by atoms with Crippen LogP contribution in [-0.4, -0.2) is 31.9 Å². The molecule has 0 spiro atoms. The zero-order chi connectivity index (χ0) is 10.6. The first-order chi connectivity index (χ1) is 6.59. The van der Waals surface area contributed by atoms with Crippen LogP contribution in [0.2, 0.25) is 0 Å². The lowest BCUT2D eigenvalue weighted by Crippen LogP contribution is -2.43. The lowest BCUT2D eigenvalue weighted by Gasteiger charge is -2.30. The first kappa shape index (κ1) is 11.9. The van der Waals surface area contributed by atoms with E-state index in [1.54, 1.807) is 6.92 Å². The fraction of sp³-hybridized carbons (Fsp3) is 1.00. The van der Waals surface area contributed by atoms with E-state index in [4.69, 9.17) is 5.11 Å². The van der Waals surface area contributed by atoms with Gasteiger partial charge in [0.1, 0.15) is 0 Å². The molecule has 0 saturated heterocycles. The van der Waals surface area contributed by atoms with Crippen LogP contribution in [-0.2, 0) is 10.0 Å². The van der Waals surface area contributed by atoms with Crippen LogP contribution in [0.3, 0.4) is 0 Å². The van der Waals surface area contributed by atoms with E-state index in [1.807, 2.05) is 0 Å². The smallest absolute Gasteiger partial charge is 0.211 e. The number of aliphatic hydroxyl groups is 1. The van der Waals surface area contributed by atoms with Gasteiger partial charge in [-0.3, -0.25) is 0 Å². The van der Waals surface area contributed by atoms with Gasteiger partial charge in [-0.25, -0.2) is 13.1 Å². The Labute approximate surface area is 85.8 Å². The summed E-state index contributed by atoms with van der Waals surface area (Å²) < 4.78 is 25.3. The van der Waals surface area contributed by atoms with Crippen LogP contribution in [0.5, 0.6) is 0 Å². The first-order valence-corrected chi connectivity index (χ1v) is 6.85. The van der Waals surface area contributed by atoms with Crippen LogP contribution in [0.4, 0.5) is 0 Å². The highest BCUT2D eigenvalue weighted by Crippen LogP contribution is 2.24. The molecule has 0 heterocycles. The molecule has 4 nitrogen and oxygen atoms in total. The van der Waals surface area contributed by atoms with Gasteiger partial charge in [0.2, 0.25) is 10.0 Å². The summed E-state index contributed by atoms with van der Waals surface area (Å²) in [6, 6.07) is -0.0568. The quantitative estimate of drug-likeness (QED) is 0.725. The third-order valence-electron chi connectivity index (χ3n) is 2.85. The maximum absolute atomic E-state index is 11.3. The fourth-order valence-corrected chi connectivity index (χ4v) is 2.83. The maximum Gasteiger partial charge on any atom is 0.211 e. The van der Waals surface area contributed by atoms with E-state index < -0.39 is 10.0 Å². The van der Waals surface area contributed by atoms with Gasteiger partial charge in [-0.1, -0.05) is 12.8 Å². The van der Waals surface area contributed by atoms with Gasteiger partial charge in [0, 0.05) is 12.6 Å². The van der Waals surface area contributed by atoms with Crippen molar-refractivity contribution in [1.82, 2.24) is 4.72 Å². The number of sulfonamides is 1. The van der Waals surface area contributed by atoms with E-state index in [9.17, 15) is 8.42 Å². The van der Waals surface area contributed by atoms with Crippen LogP contribution < -0.4 is 4.72 Å². The largest absolute Gasteiger partial charge is 0.396 e. The standard InChI is InChI=1S/C9H19NO3S/c1-2-14(12,13)10-9-6-4-3-5-8(9)7-11/h8-11H,2-7H2,1H3/t8-,9+/m1/s1. The van der Waals surface area contributed by atoms with Crippen molar-refractivity contribution in [2.75, 3.05) is 12.4 Å². The molecule has 0 aliphatic heterocycles. The van der Waals surface area contributed by atoms with Gasteiger partial charge >= 0.3 is 0 Å². The third-order valence-corrected chi connectivity index (χ3v) is 4.28. The van der Waals surface area contributed by atoms with E-state index in [1.165, 1.54) is 0 Å². The summed E-state index contributed by atoms with van der Waals surface area (Å²) in [5.74, 6) is 0.215. The lowest BCUT2D eigenvalue weighted by molar-refractivity contribution is 0.164. The zero-order valence-electron chi connectivity index (χ0n) is 8.57. The molecule has 0 radical (unpaired) electrons. The Morgan fingerprint density at radius 2 is 2.00 bits per heavy atom. The molecule has 0 aromatic heterocycles. The van der Waals surface area contributed by atoms with Crippen LogP contribution in [0.1, 0.15) is 32.6 Å². The summed E-state index contributed by atoms with van der Waals surface area (Å²) in [5, 5.41) is 9.10. The minimum atomic E-state index is -3.12. The third kappa shape index (κ3) is 3.22. The highest BCUT2D eigenvalue weighted by molar-refractivity contribution is 7.89. The van der Waals surface area contributed by atoms with E-state index in [0.717, 1.165) is 25.7 Å². The zero-order valence-corrected chi connectivity index (χ0v) is 9.39. The van der Waals surface area contributed by atoms with E-state index in [0.29, 0.717) is 0 Å². The molecule has 84 valence electrons. The van der Waals surface area contributed by atoms with Crippen LogP contribution in [0.15, 0.2) is 0 Å². The summed E-state index contributed by atoms with van der Waals surface area (Å²) in [4.78, 5) is 0. The van der Waals surface area contributed by atoms with Crippen molar-refractivity contribution in [1.29, 1.82) is 0 Å². The molecule has 5 heteroatoms. The van der Waals surface area contributed by atoms with Gasteiger partial charge in [-0.05, 0) is 25.7 Å². The van der Waals surface area contributed by atoms with Crippen molar-refractivity contribution >= 4 is 10.0 Å². The lowest BCUT2D eigenvalue weighted by atomic mass is 9.86. The molecule has 1 saturated carbocycles. The van der Waals surface area contributed by atoms with Crippen LogP contribution >= 0.6 is 0 Å². The number of hydrogen-bond donors (Lipinski definition) is 2. The van der Waals surface area contributed by atoms with Crippen molar-refractivity contribution < 1.29 is 13.5 Å². The number of rotatable bonds is 4. The molecular formula is C9H19NO3S. The Kier molecular flexibility index (Phi) is 4.34. The summed E-state index contributed by atoms with van der Waals surface area (Å²) in [6.07, 6.45) is 3.92. The van der Waals surface area contributed by atoms with Gasteiger partial charge < -0.3 is 5.11 Å². The summed E-state index contributed by atoms with van der Waals surface area (Å²) >= 11 is 0. The Morgan fingerprint density at radius 3 is 2.57 bits per heavy atom. The van der Waals surface area contributed by atoms with E-state index >= 15 is 0 Å². The second-order valence-electron chi connectivity index (χ2n) is 3.85. The number of nitrogens with one attached hydrogen (secondary N) is 1. The molecule has 1 aliphatic rings. The van der Waals surface area contributed by atoms with E-state index in [-0.39, 0.29) is 24.3 Å². The monoisotopic (exact) mass is 221 g/mol. The van der Waals surface area contributed by atoms with Gasteiger partial charge in [0.25, 0.3) is 0 Å². The summed E-state index contributed by atoms with van der Waals surface area (Å²) in [5.41, 5.74) is 0. The fourth-order valence-electron chi connectivity index (χ4n) is 1.90. The predicted molar refractivity (Wildman–Crippen MR) is 55.4 cm³/mol. The molecule has 2 atom stereocenters. The molecule has 2 N–H and O–H groups in total. The molecule has 0 aromatic rings. The SMILES string of the molecule is CCS(=O)(=O)N[C@H]1CCCC[C@@H]1CO. The molecule has 0 aromatic carbocycles. The molecule has 1 rings (SSSR count). The average molecular weight is 221 g/mol. The van der Waals surface area contributed by atoms with Crippen molar-refractivity contribution in [2.45, 2.75) is 38.6 Å². The first-order valence-electron chi connectivity index (χ1n) is 5.20. The average Bonchev–Trinajstić information content (AvgIpc) is 2.18. The highest BCUT2D eigenvalue weighted by atomic mass is 32.2. The molecule has 0 unspecified atom stereocenters. The van der Waals surface area contributed by atoms with Gasteiger partial charge in [0.05, 0.1) is 5.75 Å². The molecule has 14 heavy (non-hydrogen) atoms. The Bertz CT molecular complexity index is 263.